The van der Waals surface area contributed by atoms with E-state index in [0.717, 1.165) is 154 Å². The fourth-order valence-electron chi connectivity index (χ4n) is 7.20. The molecule has 0 spiro atoms. The predicted molar refractivity (Wildman–Crippen MR) is 217 cm³/mol. The zero-order valence-corrected chi connectivity index (χ0v) is 34.1. The second-order valence-electron chi connectivity index (χ2n) is 15.0. The van der Waals surface area contributed by atoms with E-state index in [0.29, 0.717) is 19.3 Å². The molecule has 0 aliphatic carbocycles. The molecule has 12 heteroatoms. The van der Waals surface area contributed by atoms with E-state index in [1.165, 1.54) is 13.7 Å². The van der Waals surface area contributed by atoms with E-state index >= 15 is 0 Å². The lowest BCUT2D eigenvalue weighted by Crippen LogP contribution is -2.54. The maximum absolute atomic E-state index is 13.6. The van der Waals surface area contributed by atoms with Crippen molar-refractivity contribution >= 4 is 18.2 Å². The van der Waals surface area contributed by atoms with Gasteiger partial charge in [-0.3, -0.25) is 0 Å². The summed E-state index contributed by atoms with van der Waals surface area (Å²) in [6.45, 7) is 7.12. The van der Waals surface area contributed by atoms with Gasteiger partial charge in [-0.05, 0) is 57.8 Å². The third-order valence-corrected chi connectivity index (χ3v) is 10.5. The molecule has 0 aromatic carbocycles. The number of aliphatic imine (C=N–C) groups is 3. The van der Waals surface area contributed by atoms with E-state index in [-0.39, 0.29) is 37.8 Å². The van der Waals surface area contributed by atoms with E-state index in [1.54, 1.807) is 18.2 Å². The Morgan fingerprint density at radius 2 is 0.593 bits per heavy atom. The number of nitrogens with zero attached hydrogens (tertiary/aromatic N) is 6. The summed E-state index contributed by atoms with van der Waals surface area (Å²) in [6, 6.07) is -0.155. The molecule has 0 radical (unpaired) electrons. The van der Waals surface area contributed by atoms with E-state index in [4.69, 9.17) is 0 Å². The zero-order valence-electron chi connectivity index (χ0n) is 34.1. The number of carbonyl (C=O) groups excluding carboxylic acids is 3. The summed E-state index contributed by atoms with van der Waals surface area (Å²) in [5.41, 5.74) is -1.71. The highest BCUT2D eigenvalue weighted by atomic mass is 16.2. The smallest absolute Gasteiger partial charge is 0.247 e. The molecule has 1 aromatic rings. The predicted octanol–water partition coefficient (Wildman–Crippen LogP) is 8.88. The van der Waals surface area contributed by atoms with Crippen LogP contribution < -0.4 is 17.1 Å². The van der Waals surface area contributed by atoms with E-state index in [1.807, 2.05) is 0 Å². The van der Waals surface area contributed by atoms with Crippen LogP contribution in [0.2, 0.25) is 0 Å². The Labute approximate surface area is 324 Å². The van der Waals surface area contributed by atoms with Crippen molar-refractivity contribution in [1.82, 2.24) is 13.7 Å². The Morgan fingerprint density at radius 3 is 0.796 bits per heavy atom. The minimum absolute atomic E-state index is 0.0515. The molecule has 12 nitrogen and oxygen atoms in total. The molecule has 3 atom stereocenters. The molecule has 54 heavy (non-hydrogen) atoms. The number of aromatic nitrogens is 3. The normalized spacial score (nSPS) is 12.7. The monoisotopic (exact) mass is 757 g/mol. The minimum Gasteiger partial charge on any atom is -0.247 e. The van der Waals surface area contributed by atoms with Gasteiger partial charge in [-0.1, -0.05) is 136 Å². The zero-order chi connectivity index (χ0) is 39.7. The van der Waals surface area contributed by atoms with Gasteiger partial charge in [0.1, 0.15) is 0 Å². The number of rotatable bonds is 36. The molecule has 0 aliphatic heterocycles. The third kappa shape index (κ3) is 21.4. The van der Waals surface area contributed by atoms with Gasteiger partial charge in [0.2, 0.25) is 18.2 Å². The molecule has 0 fully saturated rings. The first kappa shape index (κ1) is 48.6. The molecule has 0 bridgehead atoms. The Balaban J connectivity index is 2.97. The second-order valence-corrected chi connectivity index (χ2v) is 15.0. The maximum Gasteiger partial charge on any atom is 0.336 e. The van der Waals surface area contributed by atoms with Crippen molar-refractivity contribution in [1.29, 1.82) is 0 Å². The largest absolute Gasteiger partial charge is 0.336 e. The van der Waals surface area contributed by atoms with Gasteiger partial charge in [0.25, 0.3) is 0 Å². The quantitative estimate of drug-likeness (QED) is 0.0379. The molecule has 1 rings (SSSR count). The van der Waals surface area contributed by atoms with Gasteiger partial charge in [0.15, 0.2) is 0 Å². The Morgan fingerprint density at radius 1 is 0.370 bits per heavy atom. The van der Waals surface area contributed by atoms with E-state index < -0.39 is 17.1 Å². The van der Waals surface area contributed by atoms with Gasteiger partial charge in [-0.2, -0.15) is 0 Å². The van der Waals surface area contributed by atoms with Crippen molar-refractivity contribution in [3.8, 4) is 0 Å². The molecule has 0 aliphatic rings. The van der Waals surface area contributed by atoms with Gasteiger partial charge in [0.05, 0.1) is 18.1 Å². The van der Waals surface area contributed by atoms with Crippen LogP contribution in [-0.4, -0.2) is 50.1 Å². The SMILES string of the molecule is CCCCCCC(CCCCCn1c(=O)n(CCCCCC(CCCCCC)N=C=O)c(=O)n(CCCCCC(CCCCCC)N=C=O)c1=O)N=C=O. The minimum atomic E-state index is -0.572. The van der Waals surface area contributed by atoms with Crippen molar-refractivity contribution in [2.24, 2.45) is 15.0 Å². The van der Waals surface area contributed by atoms with Crippen molar-refractivity contribution in [3.05, 3.63) is 31.5 Å². The standard InChI is InChI=1S/C42H72N6O6/c1-4-7-10-16-25-37(43-34-49)28-19-13-22-31-46-40(52)47(32-23-14-20-29-38(44-35-50)26-17-11-8-5-2)42(54)48(41(46)53)33-24-15-21-30-39(45-36-51)27-18-12-9-6-3/h37-39H,4-33H2,1-3H3. The second kappa shape index (κ2) is 32.9. The van der Waals surface area contributed by atoms with Gasteiger partial charge < -0.3 is 0 Å². The number of hydrogen-bond donors (Lipinski definition) is 0. The van der Waals surface area contributed by atoms with Gasteiger partial charge in [0, 0.05) is 19.6 Å². The lowest BCUT2D eigenvalue weighted by atomic mass is 10.0. The topological polar surface area (TPSA) is 154 Å². The average molecular weight is 757 g/mol. The molecule has 0 amide bonds. The van der Waals surface area contributed by atoms with Crippen LogP contribution in [0.5, 0.6) is 0 Å². The highest BCUT2D eigenvalue weighted by Crippen LogP contribution is 2.17. The first-order chi connectivity index (χ1) is 26.4. The van der Waals surface area contributed by atoms with Crippen LogP contribution in [0.25, 0.3) is 0 Å². The number of isocyanates is 3. The Kier molecular flexibility index (Phi) is 29.6. The summed E-state index contributed by atoms with van der Waals surface area (Å²) in [7, 11) is 0. The van der Waals surface area contributed by atoms with Crippen LogP contribution in [0.15, 0.2) is 29.4 Å². The van der Waals surface area contributed by atoms with Crippen LogP contribution in [-0.2, 0) is 34.0 Å². The molecule has 306 valence electrons. The maximum atomic E-state index is 13.6. The fraction of sp³-hybridized carbons (Fsp3) is 0.857. The van der Waals surface area contributed by atoms with Crippen molar-refractivity contribution < 1.29 is 14.4 Å². The summed E-state index contributed by atoms with van der Waals surface area (Å²) in [5, 5.41) is 0. The van der Waals surface area contributed by atoms with Gasteiger partial charge >= 0.3 is 17.1 Å². The van der Waals surface area contributed by atoms with Crippen LogP contribution in [0.1, 0.15) is 194 Å². The van der Waals surface area contributed by atoms with Gasteiger partial charge in [-0.25, -0.2) is 57.4 Å². The lowest BCUT2D eigenvalue weighted by molar-refractivity contribution is 0.405. The van der Waals surface area contributed by atoms with Crippen LogP contribution in [0.3, 0.4) is 0 Å². The summed E-state index contributed by atoms with van der Waals surface area (Å²) < 4.78 is 3.64. The molecular weight excluding hydrogens is 684 g/mol. The molecule has 1 aromatic heterocycles. The number of hydrogen-bond acceptors (Lipinski definition) is 9. The molecule has 0 N–H and O–H groups in total. The van der Waals surface area contributed by atoms with Crippen molar-refractivity contribution in [2.45, 2.75) is 232 Å². The lowest BCUT2D eigenvalue weighted by Gasteiger charge is -2.15. The van der Waals surface area contributed by atoms with Crippen molar-refractivity contribution in [2.75, 3.05) is 0 Å². The highest BCUT2D eigenvalue weighted by Gasteiger charge is 2.16. The summed E-state index contributed by atoms with van der Waals surface area (Å²) in [5.74, 6) is 0. The first-order valence-corrected chi connectivity index (χ1v) is 21.5. The average Bonchev–Trinajstić information content (AvgIpc) is 3.16. The van der Waals surface area contributed by atoms with Crippen LogP contribution in [0, 0.1) is 0 Å². The first-order valence-electron chi connectivity index (χ1n) is 21.5. The third-order valence-electron chi connectivity index (χ3n) is 10.5. The summed E-state index contributed by atoms with van der Waals surface area (Å²) >= 11 is 0. The Bertz CT molecular complexity index is 1250. The molecule has 0 saturated carbocycles. The fourth-order valence-corrected chi connectivity index (χ4v) is 7.20. The van der Waals surface area contributed by atoms with Crippen LogP contribution in [0.4, 0.5) is 0 Å². The molecule has 1 heterocycles. The van der Waals surface area contributed by atoms with E-state index in [2.05, 4.69) is 35.7 Å². The van der Waals surface area contributed by atoms with Crippen LogP contribution >= 0.6 is 0 Å². The summed E-state index contributed by atoms with van der Waals surface area (Å²) in [4.78, 5) is 85.7. The highest BCUT2D eigenvalue weighted by molar-refractivity contribution is 5.34. The van der Waals surface area contributed by atoms with E-state index in [9.17, 15) is 28.8 Å². The van der Waals surface area contributed by atoms with Gasteiger partial charge in [-0.15, -0.1) is 0 Å². The Hall–Kier alpha value is -3.45. The molecular formula is C42H72N6O6. The van der Waals surface area contributed by atoms with Crippen molar-refractivity contribution in [3.63, 3.8) is 0 Å². The summed E-state index contributed by atoms with van der Waals surface area (Å²) in [6.07, 6.45) is 29.9. The molecule has 3 unspecified atom stereocenters. The molecule has 0 saturated heterocycles. The number of unbranched alkanes of at least 4 members (excludes halogenated alkanes) is 15.